The van der Waals surface area contributed by atoms with Crippen LogP contribution in [0, 0.1) is 0 Å². The highest BCUT2D eigenvalue weighted by atomic mass is 16.8. The molecule has 1 aromatic rings. The van der Waals surface area contributed by atoms with E-state index in [4.69, 9.17) is 42.6 Å². The van der Waals surface area contributed by atoms with E-state index in [1.54, 1.807) is 0 Å². The third-order valence-corrected chi connectivity index (χ3v) is 6.96. The Morgan fingerprint density at radius 2 is 1.29 bits per heavy atom. The van der Waals surface area contributed by atoms with Crippen molar-refractivity contribution in [2.75, 3.05) is 19.8 Å². The lowest BCUT2D eigenvalue weighted by Gasteiger charge is -2.46. The summed E-state index contributed by atoms with van der Waals surface area (Å²) in [4.78, 5) is 73.4. The Balaban J connectivity index is 2.09. The molecule has 1 aromatic carbocycles. The summed E-state index contributed by atoms with van der Waals surface area (Å²) in [6.07, 6.45) is -11.0. The molecule has 3 N–H and O–H groups in total. The second-order valence-corrected chi connectivity index (χ2v) is 10.9. The van der Waals surface area contributed by atoms with E-state index in [1.807, 2.05) is 0 Å². The van der Waals surface area contributed by atoms with Gasteiger partial charge in [0.25, 0.3) is 0 Å². The molecular formula is C31H38O18. The third kappa shape index (κ3) is 10.4. The van der Waals surface area contributed by atoms with Crippen LogP contribution < -0.4 is 0 Å². The van der Waals surface area contributed by atoms with Crippen molar-refractivity contribution in [1.29, 1.82) is 0 Å². The Morgan fingerprint density at radius 1 is 0.735 bits per heavy atom. The van der Waals surface area contributed by atoms with Gasteiger partial charge in [-0.25, -0.2) is 4.79 Å². The van der Waals surface area contributed by atoms with E-state index in [2.05, 4.69) is 0 Å². The molecule has 2 fully saturated rings. The second-order valence-electron chi connectivity index (χ2n) is 10.9. The minimum Gasteiger partial charge on any atom is -0.508 e. The predicted molar refractivity (Wildman–Crippen MR) is 157 cm³/mol. The van der Waals surface area contributed by atoms with Crippen LogP contribution in [0.25, 0.3) is 6.08 Å². The Hall–Kier alpha value is -4.62. The van der Waals surface area contributed by atoms with Gasteiger partial charge in [-0.1, -0.05) is 12.1 Å². The molecule has 0 unspecified atom stereocenters. The topological polar surface area (TPSA) is 246 Å². The van der Waals surface area contributed by atoms with Gasteiger partial charge in [0.1, 0.15) is 31.2 Å². The zero-order valence-corrected chi connectivity index (χ0v) is 27.2. The van der Waals surface area contributed by atoms with Crippen molar-refractivity contribution in [2.24, 2.45) is 0 Å². The molecule has 18 nitrogen and oxygen atoms in total. The Kier molecular flexibility index (Phi) is 13.6. The molecule has 0 spiro atoms. The van der Waals surface area contributed by atoms with Gasteiger partial charge in [-0.05, 0) is 23.8 Å². The molecular weight excluding hydrogens is 660 g/mol. The van der Waals surface area contributed by atoms with E-state index in [-0.39, 0.29) is 5.75 Å². The van der Waals surface area contributed by atoms with Crippen molar-refractivity contribution >= 4 is 41.9 Å². The van der Waals surface area contributed by atoms with Crippen LogP contribution in [0.15, 0.2) is 30.3 Å². The van der Waals surface area contributed by atoms with Crippen LogP contribution in [0.4, 0.5) is 0 Å². The number of carbonyl (C=O) groups is 6. The highest BCUT2D eigenvalue weighted by Crippen LogP contribution is 2.40. The van der Waals surface area contributed by atoms with E-state index in [1.165, 1.54) is 30.3 Å². The number of esters is 6. The first-order valence-electron chi connectivity index (χ1n) is 14.8. The Bertz CT molecular complexity index is 1390. The van der Waals surface area contributed by atoms with Crippen LogP contribution in [0.5, 0.6) is 5.75 Å². The van der Waals surface area contributed by atoms with Gasteiger partial charge in [-0.3, -0.25) is 24.0 Å². The summed E-state index contributed by atoms with van der Waals surface area (Å²) in [5, 5.41) is 30.4. The molecule has 0 radical (unpaired) electrons. The molecule has 2 heterocycles. The molecule has 2 aliphatic rings. The van der Waals surface area contributed by atoms with Crippen LogP contribution in [-0.2, 0) is 71.4 Å². The third-order valence-electron chi connectivity index (χ3n) is 6.96. The van der Waals surface area contributed by atoms with Gasteiger partial charge >= 0.3 is 35.8 Å². The summed E-state index contributed by atoms with van der Waals surface area (Å²) < 4.78 is 49.9. The molecule has 0 amide bonds. The first-order chi connectivity index (χ1) is 23.1. The zero-order valence-electron chi connectivity index (χ0n) is 27.2. The fourth-order valence-electron chi connectivity index (χ4n) is 5.12. The number of phenols is 1. The maximum atomic E-state index is 13.1. The average Bonchev–Trinajstić information content (AvgIpc) is 3.29. The van der Waals surface area contributed by atoms with Crippen molar-refractivity contribution in [1.82, 2.24) is 0 Å². The van der Waals surface area contributed by atoms with Crippen LogP contribution in [0.3, 0.4) is 0 Å². The molecule has 0 saturated carbocycles. The van der Waals surface area contributed by atoms with Crippen LogP contribution in [0.1, 0.15) is 40.2 Å². The van der Waals surface area contributed by atoms with Gasteiger partial charge < -0.3 is 58.0 Å². The molecule has 270 valence electrons. The standard InChI is InChI=1S/C31H38O18/c1-15(34)41-13-23-25(42-16(2)35)27(44-18(4)37)28(45-19(5)38)30(46-23)49-31(14-33)29(26(43-17(3)36)22(12-32)48-31)47-24(40)11-8-20-6-9-21(39)10-7-20/h6-11,22-23,25-30,32-33,39H,12-14H2,1-5H3/b11-8+/t22-,23-,25-,26-,27+,28-,29+,30-,31+/m1/s1. The summed E-state index contributed by atoms with van der Waals surface area (Å²) in [7, 11) is 0. The van der Waals surface area contributed by atoms with Crippen molar-refractivity contribution in [3.05, 3.63) is 35.9 Å². The van der Waals surface area contributed by atoms with Crippen LogP contribution >= 0.6 is 0 Å². The molecule has 3 rings (SSSR count). The summed E-state index contributed by atoms with van der Waals surface area (Å²) in [6.45, 7) is 2.50. The largest absolute Gasteiger partial charge is 0.508 e. The monoisotopic (exact) mass is 698 g/mol. The lowest BCUT2D eigenvalue weighted by molar-refractivity contribution is -0.384. The second kappa shape index (κ2) is 17.2. The fourth-order valence-corrected chi connectivity index (χ4v) is 5.12. The number of carbonyl (C=O) groups excluding carboxylic acids is 6. The maximum absolute atomic E-state index is 13.1. The summed E-state index contributed by atoms with van der Waals surface area (Å²) >= 11 is 0. The molecule has 9 atom stereocenters. The number of hydrogen-bond acceptors (Lipinski definition) is 18. The quantitative estimate of drug-likeness (QED) is 0.133. The number of phenolic OH excluding ortho intramolecular Hbond substituents is 1. The lowest BCUT2D eigenvalue weighted by atomic mass is 9.97. The highest BCUT2D eigenvalue weighted by molar-refractivity contribution is 5.87. The average molecular weight is 699 g/mol. The van der Waals surface area contributed by atoms with Crippen molar-refractivity contribution in [2.45, 2.75) is 89.4 Å². The smallest absolute Gasteiger partial charge is 0.331 e. The molecule has 49 heavy (non-hydrogen) atoms. The van der Waals surface area contributed by atoms with Gasteiger partial charge in [-0.2, -0.15) is 0 Å². The van der Waals surface area contributed by atoms with E-state index < -0.39 is 110 Å². The van der Waals surface area contributed by atoms with Crippen molar-refractivity contribution in [3.8, 4) is 5.75 Å². The molecule has 2 aliphatic heterocycles. The molecule has 0 aliphatic carbocycles. The number of rotatable bonds is 13. The predicted octanol–water partition coefficient (Wildman–Crippen LogP) is -0.572. The maximum Gasteiger partial charge on any atom is 0.331 e. The summed E-state index contributed by atoms with van der Waals surface area (Å²) in [5.41, 5.74) is 0.476. The number of benzene rings is 1. The normalized spacial score (nSPS) is 29.4. The van der Waals surface area contributed by atoms with Crippen molar-refractivity contribution < 1.29 is 86.7 Å². The first kappa shape index (κ1) is 38.8. The van der Waals surface area contributed by atoms with Gasteiger partial charge in [0.05, 0.1) is 6.61 Å². The lowest BCUT2D eigenvalue weighted by Crippen LogP contribution is -2.65. The van der Waals surface area contributed by atoms with Crippen LogP contribution in [0.2, 0.25) is 0 Å². The molecule has 18 heteroatoms. The van der Waals surface area contributed by atoms with E-state index in [9.17, 15) is 44.1 Å². The molecule has 0 aromatic heterocycles. The summed E-state index contributed by atoms with van der Waals surface area (Å²) in [6, 6.07) is 5.73. The van der Waals surface area contributed by atoms with Gasteiger partial charge in [-0.15, -0.1) is 0 Å². The zero-order chi connectivity index (χ0) is 36.5. The number of aromatic hydroxyl groups is 1. The summed E-state index contributed by atoms with van der Waals surface area (Å²) in [5.74, 6) is -8.07. The number of ether oxygens (including phenoxy) is 9. The number of aliphatic hydroxyl groups excluding tert-OH is 2. The van der Waals surface area contributed by atoms with Gasteiger partial charge in [0.15, 0.2) is 30.5 Å². The minimum absolute atomic E-state index is 0.0193. The van der Waals surface area contributed by atoms with E-state index >= 15 is 0 Å². The SMILES string of the molecule is CC(=O)OC[C@H]1O[C@H](O[C@]2(CO)O[C@H](CO)[C@@H](OC(C)=O)[C@@H]2OC(=O)/C=C/c2ccc(O)cc2)[C@H](OC(C)=O)[C@@H](OC(C)=O)[C@@H]1OC(C)=O. The number of hydrogen-bond donors (Lipinski definition) is 3. The number of aliphatic hydroxyl groups is 2. The fraction of sp³-hybridized carbons (Fsp3) is 0.548. The van der Waals surface area contributed by atoms with Crippen LogP contribution in [-0.4, -0.2) is 126 Å². The Labute approximate surface area is 279 Å². The van der Waals surface area contributed by atoms with Gasteiger partial charge in [0.2, 0.25) is 12.1 Å². The van der Waals surface area contributed by atoms with Gasteiger partial charge in [0, 0.05) is 40.7 Å². The van der Waals surface area contributed by atoms with E-state index in [0.717, 1.165) is 40.7 Å². The first-order valence-corrected chi connectivity index (χ1v) is 14.8. The van der Waals surface area contributed by atoms with Crippen molar-refractivity contribution in [3.63, 3.8) is 0 Å². The molecule has 2 saturated heterocycles. The Morgan fingerprint density at radius 3 is 1.82 bits per heavy atom. The highest BCUT2D eigenvalue weighted by Gasteiger charge is 2.63. The minimum atomic E-state index is -2.54. The molecule has 0 bridgehead atoms. The van der Waals surface area contributed by atoms with E-state index in [0.29, 0.717) is 5.56 Å².